The Bertz CT molecular complexity index is 240. The lowest BCUT2D eigenvalue weighted by atomic mass is 9.99. The third kappa shape index (κ3) is 3.85. The van der Waals surface area contributed by atoms with Crippen molar-refractivity contribution in [2.75, 3.05) is 19.7 Å². The summed E-state index contributed by atoms with van der Waals surface area (Å²) in [4.78, 5) is 22.0. The van der Waals surface area contributed by atoms with Crippen LogP contribution < -0.4 is 10.6 Å². The van der Waals surface area contributed by atoms with Crippen molar-refractivity contribution in [1.82, 2.24) is 10.6 Å². The van der Waals surface area contributed by atoms with Gasteiger partial charge in [-0.2, -0.15) is 0 Å². The number of carbonyl (C=O) groups excluding carboxylic acids is 1. The molecule has 1 aliphatic heterocycles. The second-order valence-electron chi connectivity index (χ2n) is 3.70. The van der Waals surface area contributed by atoms with Crippen molar-refractivity contribution in [3.8, 4) is 0 Å². The van der Waals surface area contributed by atoms with Gasteiger partial charge in [0.25, 0.3) is 0 Å². The van der Waals surface area contributed by atoms with Gasteiger partial charge in [-0.15, -0.1) is 0 Å². The first kappa shape index (κ1) is 11.9. The molecule has 0 aliphatic carbocycles. The van der Waals surface area contributed by atoms with Crippen LogP contribution in [0.4, 0.5) is 0 Å². The average Bonchev–Trinajstić information content (AvgIpc) is 2.10. The topological polar surface area (TPSA) is 98.7 Å². The van der Waals surface area contributed by atoms with E-state index in [1.54, 1.807) is 0 Å². The van der Waals surface area contributed by atoms with Crippen LogP contribution in [0.1, 0.15) is 12.8 Å². The average molecular weight is 216 g/mol. The Morgan fingerprint density at radius 1 is 1.47 bits per heavy atom. The van der Waals surface area contributed by atoms with E-state index >= 15 is 0 Å². The number of hydrogen-bond acceptors (Lipinski definition) is 4. The van der Waals surface area contributed by atoms with Crippen LogP contribution in [0.25, 0.3) is 0 Å². The first-order chi connectivity index (χ1) is 7.13. The Morgan fingerprint density at radius 3 is 2.53 bits per heavy atom. The number of rotatable bonds is 6. The molecule has 0 aromatic heterocycles. The number of nitrogens with one attached hydrogen (secondary N) is 2. The summed E-state index contributed by atoms with van der Waals surface area (Å²) in [5, 5.41) is 22.8. The van der Waals surface area contributed by atoms with E-state index in [2.05, 4.69) is 10.6 Å². The minimum absolute atomic E-state index is 0.0456. The molecule has 0 bridgehead atoms. The lowest BCUT2D eigenvalue weighted by Crippen LogP contribution is -2.47. The first-order valence-corrected chi connectivity index (χ1v) is 4.97. The molecule has 1 fully saturated rings. The normalized spacial score (nSPS) is 17.9. The standard InChI is InChI=1S/C9H16N2O4/c12-2-1-7(9(14)15)11-8(13)3-6-4-10-5-6/h6-7,10,12H,1-5H2,(H,11,13)(H,14,15)/t7-/m0/s1. The molecule has 1 heterocycles. The highest BCUT2D eigenvalue weighted by Gasteiger charge is 2.23. The molecule has 6 heteroatoms. The third-order valence-electron chi connectivity index (χ3n) is 2.39. The Labute approximate surface area is 87.7 Å². The third-order valence-corrected chi connectivity index (χ3v) is 2.39. The molecule has 0 aromatic rings. The van der Waals surface area contributed by atoms with Crippen LogP contribution in [-0.4, -0.2) is 47.8 Å². The van der Waals surface area contributed by atoms with E-state index in [9.17, 15) is 9.59 Å². The molecule has 0 saturated carbocycles. The fourth-order valence-electron chi connectivity index (χ4n) is 1.39. The van der Waals surface area contributed by atoms with Gasteiger partial charge in [0.05, 0.1) is 0 Å². The number of carbonyl (C=O) groups is 2. The van der Waals surface area contributed by atoms with Gasteiger partial charge in [0.2, 0.25) is 5.91 Å². The molecule has 1 amide bonds. The second-order valence-corrected chi connectivity index (χ2v) is 3.70. The van der Waals surface area contributed by atoms with Crippen LogP contribution in [-0.2, 0) is 9.59 Å². The second kappa shape index (κ2) is 5.67. The van der Waals surface area contributed by atoms with E-state index in [0.717, 1.165) is 13.1 Å². The predicted octanol–water partition coefficient (Wildman–Crippen LogP) is -1.45. The number of amides is 1. The van der Waals surface area contributed by atoms with Crippen LogP contribution in [0.5, 0.6) is 0 Å². The summed E-state index contributed by atoms with van der Waals surface area (Å²) in [6, 6.07) is -0.976. The molecule has 4 N–H and O–H groups in total. The van der Waals surface area contributed by atoms with Crippen molar-refractivity contribution in [3.05, 3.63) is 0 Å². The highest BCUT2D eigenvalue weighted by Crippen LogP contribution is 2.08. The summed E-state index contributed by atoms with van der Waals surface area (Å²) < 4.78 is 0. The quantitative estimate of drug-likeness (QED) is 0.435. The van der Waals surface area contributed by atoms with E-state index in [1.165, 1.54) is 0 Å². The van der Waals surface area contributed by atoms with E-state index in [0.29, 0.717) is 12.3 Å². The Morgan fingerprint density at radius 2 is 2.13 bits per heavy atom. The summed E-state index contributed by atoms with van der Waals surface area (Å²) in [5.74, 6) is -1.06. The molecule has 1 rings (SSSR count). The Hall–Kier alpha value is -1.14. The fourth-order valence-corrected chi connectivity index (χ4v) is 1.39. The molecule has 1 saturated heterocycles. The molecular formula is C9H16N2O4. The molecule has 86 valence electrons. The summed E-state index contributed by atoms with van der Waals surface area (Å²) in [7, 11) is 0. The number of aliphatic carboxylic acids is 1. The zero-order chi connectivity index (χ0) is 11.3. The van der Waals surface area contributed by atoms with Crippen molar-refractivity contribution >= 4 is 11.9 Å². The maximum atomic E-state index is 11.4. The molecule has 1 atom stereocenters. The summed E-state index contributed by atoms with van der Waals surface area (Å²) in [6.07, 6.45) is 0.395. The van der Waals surface area contributed by atoms with E-state index in [-0.39, 0.29) is 18.9 Å². The van der Waals surface area contributed by atoms with Gasteiger partial charge in [-0.25, -0.2) is 4.79 Å². The smallest absolute Gasteiger partial charge is 0.326 e. The largest absolute Gasteiger partial charge is 0.480 e. The van der Waals surface area contributed by atoms with Gasteiger partial charge in [0, 0.05) is 19.4 Å². The molecule has 15 heavy (non-hydrogen) atoms. The van der Waals surface area contributed by atoms with Gasteiger partial charge in [-0.05, 0) is 19.0 Å². The number of carboxylic acids is 1. The molecule has 0 spiro atoms. The van der Waals surface area contributed by atoms with E-state index in [1.807, 2.05) is 0 Å². The summed E-state index contributed by atoms with van der Waals surface area (Å²) in [6.45, 7) is 1.37. The number of carboxylic acid groups (broad SMARTS) is 1. The monoisotopic (exact) mass is 216 g/mol. The minimum Gasteiger partial charge on any atom is -0.480 e. The maximum absolute atomic E-state index is 11.4. The Kier molecular flexibility index (Phi) is 4.51. The van der Waals surface area contributed by atoms with Crippen LogP contribution in [0.15, 0.2) is 0 Å². The molecule has 0 unspecified atom stereocenters. The molecule has 6 nitrogen and oxygen atoms in total. The summed E-state index contributed by atoms with van der Waals surface area (Å²) >= 11 is 0. The lowest BCUT2D eigenvalue weighted by molar-refractivity contribution is -0.142. The fraction of sp³-hybridized carbons (Fsp3) is 0.778. The zero-order valence-electron chi connectivity index (χ0n) is 8.40. The molecular weight excluding hydrogens is 200 g/mol. The number of aliphatic hydroxyl groups excluding tert-OH is 1. The molecule has 1 aliphatic rings. The molecule has 0 radical (unpaired) electrons. The van der Waals surface area contributed by atoms with Gasteiger partial charge >= 0.3 is 5.97 Å². The zero-order valence-corrected chi connectivity index (χ0v) is 8.40. The van der Waals surface area contributed by atoms with Crippen molar-refractivity contribution in [1.29, 1.82) is 0 Å². The van der Waals surface area contributed by atoms with Gasteiger partial charge in [-0.1, -0.05) is 0 Å². The highest BCUT2D eigenvalue weighted by molar-refractivity contribution is 5.83. The van der Waals surface area contributed by atoms with Gasteiger partial charge < -0.3 is 20.8 Å². The summed E-state index contributed by atoms with van der Waals surface area (Å²) in [5.41, 5.74) is 0. The number of hydrogen-bond donors (Lipinski definition) is 4. The highest BCUT2D eigenvalue weighted by atomic mass is 16.4. The maximum Gasteiger partial charge on any atom is 0.326 e. The van der Waals surface area contributed by atoms with Gasteiger partial charge in [0.1, 0.15) is 6.04 Å². The Balaban J connectivity index is 2.28. The van der Waals surface area contributed by atoms with Crippen LogP contribution in [0.2, 0.25) is 0 Å². The SMILES string of the molecule is O=C(CC1CNC1)N[C@@H](CCO)C(=O)O. The van der Waals surface area contributed by atoms with Crippen molar-refractivity contribution in [2.45, 2.75) is 18.9 Å². The first-order valence-electron chi connectivity index (χ1n) is 4.97. The van der Waals surface area contributed by atoms with E-state index in [4.69, 9.17) is 10.2 Å². The van der Waals surface area contributed by atoms with E-state index < -0.39 is 12.0 Å². The van der Waals surface area contributed by atoms with Crippen LogP contribution >= 0.6 is 0 Å². The van der Waals surface area contributed by atoms with Crippen molar-refractivity contribution in [3.63, 3.8) is 0 Å². The van der Waals surface area contributed by atoms with Crippen molar-refractivity contribution in [2.24, 2.45) is 5.92 Å². The minimum atomic E-state index is -1.11. The lowest BCUT2D eigenvalue weighted by Gasteiger charge is -2.26. The number of aliphatic hydroxyl groups is 1. The van der Waals surface area contributed by atoms with Crippen LogP contribution in [0.3, 0.4) is 0 Å². The van der Waals surface area contributed by atoms with Crippen LogP contribution in [0, 0.1) is 5.92 Å². The van der Waals surface area contributed by atoms with Crippen molar-refractivity contribution < 1.29 is 19.8 Å². The predicted molar refractivity (Wildman–Crippen MR) is 52.2 cm³/mol. The van der Waals surface area contributed by atoms with Gasteiger partial charge in [-0.3, -0.25) is 4.79 Å². The molecule has 0 aromatic carbocycles. The van der Waals surface area contributed by atoms with Gasteiger partial charge in [0.15, 0.2) is 0 Å².